The standard InChI is InChI=1S/C18H14ClF3N4O2S/c1-29(27,28)14-7-5-12(6-8-14)25-17-23-10-15(19)16(26-17)24-13-4-2-3-11(9-13)18(20,21)22/h2-10H,1H3,(H2,23,24,25,26). The molecule has 11 heteroatoms. The highest BCUT2D eigenvalue weighted by Crippen LogP contribution is 2.32. The lowest BCUT2D eigenvalue weighted by Gasteiger charge is -2.12. The van der Waals surface area contributed by atoms with E-state index in [9.17, 15) is 21.6 Å². The quantitative estimate of drug-likeness (QED) is 0.576. The summed E-state index contributed by atoms with van der Waals surface area (Å²) < 4.78 is 61.6. The lowest BCUT2D eigenvalue weighted by atomic mass is 10.2. The van der Waals surface area contributed by atoms with Crippen molar-refractivity contribution in [2.45, 2.75) is 11.1 Å². The summed E-state index contributed by atoms with van der Waals surface area (Å²) >= 11 is 6.05. The molecule has 1 heterocycles. The monoisotopic (exact) mass is 442 g/mol. The second-order valence-corrected chi connectivity index (χ2v) is 8.44. The van der Waals surface area contributed by atoms with Crippen molar-refractivity contribution in [3.8, 4) is 0 Å². The van der Waals surface area contributed by atoms with Crippen LogP contribution in [0.2, 0.25) is 5.02 Å². The Morgan fingerprint density at radius 1 is 1.00 bits per heavy atom. The van der Waals surface area contributed by atoms with Gasteiger partial charge in [-0.05, 0) is 42.5 Å². The number of hydrogen-bond donors (Lipinski definition) is 2. The van der Waals surface area contributed by atoms with Crippen LogP contribution in [0.1, 0.15) is 5.56 Å². The second-order valence-electron chi connectivity index (χ2n) is 6.02. The predicted molar refractivity (Wildman–Crippen MR) is 105 cm³/mol. The van der Waals surface area contributed by atoms with Crippen molar-refractivity contribution in [3.05, 3.63) is 65.3 Å². The van der Waals surface area contributed by atoms with Crippen LogP contribution in [0.5, 0.6) is 0 Å². The molecule has 0 bridgehead atoms. The first kappa shape index (κ1) is 20.9. The van der Waals surface area contributed by atoms with Gasteiger partial charge >= 0.3 is 6.18 Å². The van der Waals surface area contributed by atoms with Crippen LogP contribution in [0.15, 0.2) is 59.6 Å². The van der Waals surface area contributed by atoms with Gasteiger partial charge in [-0.3, -0.25) is 0 Å². The van der Waals surface area contributed by atoms with Gasteiger partial charge in [0.25, 0.3) is 0 Å². The highest BCUT2D eigenvalue weighted by atomic mass is 35.5. The van der Waals surface area contributed by atoms with Gasteiger partial charge in [0.05, 0.1) is 16.7 Å². The number of rotatable bonds is 5. The molecule has 0 aliphatic rings. The number of nitrogens with zero attached hydrogens (tertiary/aromatic N) is 2. The first-order valence-electron chi connectivity index (χ1n) is 8.06. The fraction of sp³-hybridized carbons (Fsp3) is 0.111. The third kappa shape index (κ3) is 5.36. The molecule has 0 radical (unpaired) electrons. The summed E-state index contributed by atoms with van der Waals surface area (Å²) in [5.74, 6) is 0.229. The van der Waals surface area contributed by atoms with Crippen molar-refractivity contribution in [3.63, 3.8) is 0 Å². The number of hydrogen-bond acceptors (Lipinski definition) is 6. The molecule has 2 aromatic carbocycles. The highest BCUT2D eigenvalue weighted by Gasteiger charge is 2.30. The summed E-state index contributed by atoms with van der Waals surface area (Å²) in [5, 5.41) is 5.72. The lowest BCUT2D eigenvalue weighted by Crippen LogP contribution is -2.06. The molecule has 29 heavy (non-hydrogen) atoms. The van der Waals surface area contributed by atoms with E-state index in [4.69, 9.17) is 11.6 Å². The Balaban J connectivity index is 1.82. The van der Waals surface area contributed by atoms with E-state index >= 15 is 0 Å². The van der Waals surface area contributed by atoms with Crippen LogP contribution in [0.3, 0.4) is 0 Å². The topological polar surface area (TPSA) is 84.0 Å². The fourth-order valence-electron chi connectivity index (χ4n) is 2.34. The zero-order valence-electron chi connectivity index (χ0n) is 14.8. The molecule has 0 fully saturated rings. The molecular formula is C18H14ClF3N4O2S. The van der Waals surface area contributed by atoms with Gasteiger partial charge in [-0.15, -0.1) is 0 Å². The van der Waals surface area contributed by atoms with Gasteiger partial charge in [0.1, 0.15) is 5.02 Å². The van der Waals surface area contributed by atoms with Gasteiger partial charge < -0.3 is 10.6 Å². The second kappa shape index (κ2) is 7.88. The van der Waals surface area contributed by atoms with Crippen LogP contribution >= 0.6 is 11.6 Å². The summed E-state index contributed by atoms with van der Waals surface area (Å²) in [6, 6.07) is 10.5. The van der Waals surface area contributed by atoms with Crippen molar-refractivity contribution < 1.29 is 21.6 Å². The van der Waals surface area contributed by atoms with Crippen LogP contribution in [-0.2, 0) is 16.0 Å². The van der Waals surface area contributed by atoms with Crippen molar-refractivity contribution in [2.24, 2.45) is 0 Å². The van der Waals surface area contributed by atoms with E-state index in [1.54, 1.807) is 0 Å². The summed E-state index contributed by atoms with van der Waals surface area (Å²) in [7, 11) is -3.32. The van der Waals surface area contributed by atoms with Crippen LogP contribution in [0.25, 0.3) is 0 Å². The van der Waals surface area contributed by atoms with Crippen LogP contribution in [0, 0.1) is 0 Å². The number of benzene rings is 2. The maximum absolute atomic E-state index is 12.9. The Bertz CT molecular complexity index is 1140. The summed E-state index contributed by atoms with van der Waals surface area (Å²) in [5.41, 5.74) is -0.134. The number of sulfone groups is 1. The van der Waals surface area contributed by atoms with E-state index in [0.29, 0.717) is 5.69 Å². The molecule has 0 spiro atoms. The van der Waals surface area contributed by atoms with Gasteiger partial charge in [-0.2, -0.15) is 18.2 Å². The molecule has 6 nitrogen and oxygen atoms in total. The van der Waals surface area contributed by atoms with Gasteiger partial charge in [0, 0.05) is 17.6 Å². The Hall–Kier alpha value is -2.85. The van der Waals surface area contributed by atoms with Crippen molar-refractivity contribution in [1.82, 2.24) is 9.97 Å². The number of nitrogens with one attached hydrogen (secondary N) is 2. The SMILES string of the molecule is CS(=O)(=O)c1ccc(Nc2ncc(Cl)c(Nc3cccc(C(F)(F)F)c3)n2)cc1. The zero-order chi connectivity index (χ0) is 21.2. The fourth-order valence-corrected chi connectivity index (χ4v) is 3.11. The Morgan fingerprint density at radius 2 is 1.69 bits per heavy atom. The smallest absolute Gasteiger partial charge is 0.339 e. The maximum atomic E-state index is 12.9. The average Bonchev–Trinajstić information content (AvgIpc) is 2.64. The largest absolute Gasteiger partial charge is 0.416 e. The molecule has 0 saturated carbocycles. The predicted octanol–water partition coefficient (Wildman–Crippen LogP) is 5.04. The van der Waals surface area contributed by atoms with Crippen molar-refractivity contribution >= 4 is 44.6 Å². The normalized spacial score (nSPS) is 11.9. The molecule has 3 rings (SSSR count). The summed E-state index contributed by atoms with van der Waals surface area (Å²) in [4.78, 5) is 8.33. The molecule has 0 aliphatic carbocycles. The molecule has 0 unspecified atom stereocenters. The number of aromatic nitrogens is 2. The van der Waals surface area contributed by atoms with E-state index in [2.05, 4.69) is 20.6 Å². The van der Waals surface area contributed by atoms with Gasteiger partial charge in [0.15, 0.2) is 15.7 Å². The van der Waals surface area contributed by atoms with E-state index in [0.717, 1.165) is 18.4 Å². The molecule has 1 aromatic heterocycles. The van der Waals surface area contributed by atoms with Crippen LogP contribution in [-0.4, -0.2) is 24.6 Å². The number of alkyl halides is 3. The van der Waals surface area contributed by atoms with Crippen molar-refractivity contribution in [2.75, 3.05) is 16.9 Å². The van der Waals surface area contributed by atoms with Crippen molar-refractivity contribution in [1.29, 1.82) is 0 Å². The molecular weight excluding hydrogens is 429 g/mol. The zero-order valence-corrected chi connectivity index (χ0v) is 16.4. The highest BCUT2D eigenvalue weighted by molar-refractivity contribution is 7.90. The minimum Gasteiger partial charge on any atom is -0.339 e. The number of halogens is 4. The lowest BCUT2D eigenvalue weighted by molar-refractivity contribution is -0.137. The molecule has 0 aliphatic heterocycles. The molecule has 0 amide bonds. The Labute approximate surface area is 169 Å². The summed E-state index contributed by atoms with van der Waals surface area (Å²) in [6.07, 6.45) is -2.08. The molecule has 152 valence electrons. The van der Waals surface area contributed by atoms with Gasteiger partial charge in [-0.25, -0.2) is 13.4 Å². The maximum Gasteiger partial charge on any atom is 0.416 e. The van der Waals surface area contributed by atoms with E-state index < -0.39 is 21.6 Å². The minimum atomic E-state index is -4.47. The first-order valence-corrected chi connectivity index (χ1v) is 10.3. The minimum absolute atomic E-state index is 0.108. The molecule has 0 atom stereocenters. The van der Waals surface area contributed by atoms with E-state index in [-0.39, 0.29) is 27.4 Å². The van der Waals surface area contributed by atoms with Crippen LogP contribution < -0.4 is 10.6 Å². The van der Waals surface area contributed by atoms with E-state index in [1.165, 1.54) is 42.6 Å². The Kier molecular flexibility index (Phi) is 5.67. The molecule has 2 N–H and O–H groups in total. The molecule has 3 aromatic rings. The van der Waals surface area contributed by atoms with E-state index in [1.807, 2.05) is 0 Å². The first-order chi connectivity index (χ1) is 13.5. The molecule has 0 saturated heterocycles. The third-order valence-electron chi connectivity index (χ3n) is 3.74. The van der Waals surface area contributed by atoms with Gasteiger partial charge in [-0.1, -0.05) is 17.7 Å². The van der Waals surface area contributed by atoms with Crippen LogP contribution in [0.4, 0.5) is 36.3 Å². The summed E-state index contributed by atoms with van der Waals surface area (Å²) in [6.45, 7) is 0. The number of anilines is 4. The van der Waals surface area contributed by atoms with Gasteiger partial charge in [0.2, 0.25) is 5.95 Å². The average molecular weight is 443 g/mol. The Morgan fingerprint density at radius 3 is 2.31 bits per heavy atom. The third-order valence-corrected chi connectivity index (χ3v) is 5.14.